The molecule has 156 valence electrons. The summed E-state index contributed by atoms with van der Waals surface area (Å²) in [5, 5.41) is 6.83. The summed E-state index contributed by atoms with van der Waals surface area (Å²) in [7, 11) is 5.79. The Morgan fingerprint density at radius 1 is 1.10 bits per heavy atom. The Bertz CT molecular complexity index is 801. The van der Waals surface area contributed by atoms with Crippen LogP contribution in [0.15, 0.2) is 47.6 Å². The Kier molecular flexibility index (Phi) is 7.84. The number of rotatable bonds is 7. The highest BCUT2D eigenvalue weighted by atomic mass is 16.5. The minimum absolute atomic E-state index is 0.693. The lowest BCUT2D eigenvalue weighted by atomic mass is 10.1. The first-order chi connectivity index (χ1) is 14.2. The number of morpholine rings is 1. The molecule has 1 fully saturated rings. The third-order valence-corrected chi connectivity index (χ3v) is 5.01. The second kappa shape index (κ2) is 10.8. The molecule has 1 aromatic heterocycles. The smallest absolute Gasteiger partial charge is 0.191 e. The van der Waals surface area contributed by atoms with Crippen molar-refractivity contribution in [1.29, 1.82) is 0 Å². The number of pyridine rings is 1. The van der Waals surface area contributed by atoms with Gasteiger partial charge in [0.2, 0.25) is 0 Å². The number of nitrogens with one attached hydrogen (secondary N) is 2. The van der Waals surface area contributed by atoms with Crippen LogP contribution in [0, 0.1) is 0 Å². The van der Waals surface area contributed by atoms with Gasteiger partial charge in [0.25, 0.3) is 0 Å². The highest BCUT2D eigenvalue weighted by molar-refractivity contribution is 5.79. The molecule has 3 rings (SSSR count). The molecule has 1 aliphatic rings. The summed E-state index contributed by atoms with van der Waals surface area (Å²) in [6.45, 7) is 6.01. The molecule has 2 heterocycles. The van der Waals surface area contributed by atoms with E-state index in [4.69, 9.17) is 4.74 Å². The number of nitrogens with zero attached hydrogens (tertiary/aromatic N) is 4. The SMILES string of the molecule is CN=C(NCc1ccnc(N(C)C)c1)NCc1ccccc1CN1CCOCC1. The van der Waals surface area contributed by atoms with Crippen molar-refractivity contribution in [1.82, 2.24) is 20.5 Å². The van der Waals surface area contributed by atoms with Crippen molar-refractivity contribution < 1.29 is 4.74 Å². The van der Waals surface area contributed by atoms with Crippen LogP contribution < -0.4 is 15.5 Å². The highest BCUT2D eigenvalue weighted by Gasteiger charge is 2.12. The van der Waals surface area contributed by atoms with Gasteiger partial charge in [-0.1, -0.05) is 24.3 Å². The zero-order valence-electron chi connectivity index (χ0n) is 17.7. The predicted molar refractivity (Wildman–Crippen MR) is 118 cm³/mol. The first kappa shape index (κ1) is 21.1. The van der Waals surface area contributed by atoms with Crippen molar-refractivity contribution in [2.24, 2.45) is 4.99 Å². The maximum absolute atomic E-state index is 5.46. The fourth-order valence-electron chi connectivity index (χ4n) is 3.28. The van der Waals surface area contributed by atoms with Crippen LogP contribution in [0.5, 0.6) is 0 Å². The third-order valence-electron chi connectivity index (χ3n) is 5.01. The molecule has 2 aromatic rings. The number of aromatic nitrogens is 1. The van der Waals surface area contributed by atoms with E-state index in [2.05, 4.69) is 55.8 Å². The van der Waals surface area contributed by atoms with Gasteiger partial charge in [-0.25, -0.2) is 4.98 Å². The molecule has 0 amide bonds. The molecule has 0 saturated carbocycles. The van der Waals surface area contributed by atoms with Crippen LogP contribution in [-0.4, -0.2) is 63.3 Å². The normalized spacial score (nSPS) is 15.2. The second-order valence-corrected chi connectivity index (χ2v) is 7.35. The van der Waals surface area contributed by atoms with E-state index >= 15 is 0 Å². The maximum atomic E-state index is 5.46. The maximum Gasteiger partial charge on any atom is 0.191 e. The largest absolute Gasteiger partial charge is 0.379 e. The van der Waals surface area contributed by atoms with Gasteiger partial charge in [-0.05, 0) is 28.8 Å². The van der Waals surface area contributed by atoms with E-state index in [0.717, 1.165) is 51.2 Å². The topological polar surface area (TPSA) is 65.0 Å². The van der Waals surface area contributed by atoms with Crippen LogP contribution in [0.3, 0.4) is 0 Å². The molecule has 7 heteroatoms. The van der Waals surface area contributed by atoms with Crippen molar-refractivity contribution in [2.45, 2.75) is 19.6 Å². The monoisotopic (exact) mass is 396 g/mol. The number of hydrogen-bond acceptors (Lipinski definition) is 5. The van der Waals surface area contributed by atoms with E-state index < -0.39 is 0 Å². The minimum atomic E-state index is 0.693. The lowest BCUT2D eigenvalue weighted by Crippen LogP contribution is -2.37. The van der Waals surface area contributed by atoms with Gasteiger partial charge in [-0.2, -0.15) is 0 Å². The molecule has 0 atom stereocenters. The Balaban J connectivity index is 1.55. The van der Waals surface area contributed by atoms with Crippen LogP contribution in [-0.2, 0) is 24.4 Å². The lowest BCUT2D eigenvalue weighted by molar-refractivity contribution is 0.0341. The minimum Gasteiger partial charge on any atom is -0.379 e. The van der Waals surface area contributed by atoms with Gasteiger partial charge in [-0.3, -0.25) is 9.89 Å². The Morgan fingerprint density at radius 3 is 2.55 bits per heavy atom. The average molecular weight is 397 g/mol. The number of guanidine groups is 1. The zero-order chi connectivity index (χ0) is 20.5. The summed E-state index contributed by atoms with van der Waals surface area (Å²) in [6.07, 6.45) is 1.84. The molecule has 1 aromatic carbocycles. The summed E-state index contributed by atoms with van der Waals surface area (Å²) in [5.41, 5.74) is 3.81. The van der Waals surface area contributed by atoms with Crippen LogP contribution in [0.4, 0.5) is 5.82 Å². The van der Waals surface area contributed by atoms with Crippen molar-refractivity contribution in [3.8, 4) is 0 Å². The second-order valence-electron chi connectivity index (χ2n) is 7.35. The molecule has 0 unspecified atom stereocenters. The van der Waals surface area contributed by atoms with E-state index in [9.17, 15) is 0 Å². The van der Waals surface area contributed by atoms with Crippen LogP contribution in [0.25, 0.3) is 0 Å². The van der Waals surface area contributed by atoms with Gasteiger partial charge >= 0.3 is 0 Å². The highest BCUT2D eigenvalue weighted by Crippen LogP contribution is 2.13. The van der Waals surface area contributed by atoms with Crippen molar-refractivity contribution in [3.05, 3.63) is 59.3 Å². The van der Waals surface area contributed by atoms with Crippen LogP contribution in [0.1, 0.15) is 16.7 Å². The van der Waals surface area contributed by atoms with Gasteiger partial charge in [0, 0.05) is 60.1 Å². The van der Waals surface area contributed by atoms with E-state index in [1.54, 1.807) is 7.05 Å². The molecule has 0 spiro atoms. The summed E-state index contributed by atoms with van der Waals surface area (Å²) >= 11 is 0. The number of anilines is 1. The lowest BCUT2D eigenvalue weighted by Gasteiger charge is -2.27. The van der Waals surface area contributed by atoms with E-state index in [1.807, 2.05) is 31.3 Å². The molecular weight excluding hydrogens is 364 g/mol. The Hall–Kier alpha value is -2.64. The van der Waals surface area contributed by atoms with Crippen molar-refractivity contribution in [2.75, 3.05) is 52.3 Å². The molecule has 0 bridgehead atoms. The third kappa shape index (κ3) is 6.44. The fraction of sp³-hybridized carbons (Fsp3) is 0.455. The first-order valence-corrected chi connectivity index (χ1v) is 10.1. The van der Waals surface area contributed by atoms with E-state index in [0.29, 0.717) is 6.54 Å². The Morgan fingerprint density at radius 2 is 1.83 bits per heavy atom. The molecule has 1 saturated heterocycles. The van der Waals surface area contributed by atoms with E-state index in [-0.39, 0.29) is 0 Å². The zero-order valence-corrected chi connectivity index (χ0v) is 17.7. The molecule has 7 nitrogen and oxygen atoms in total. The van der Waals surface area contributed by atoms with Gasteiger partial charge in [0.1, 0.15) is 5.82 Å². The summed E-state index contributed by atoms with van der Waals surface area (Å²) in [6, 6.07) is 12.7. The van der Waals surface area contributed by atoms with Crippen LogP contribution >= 0.6 is 0 Å². The molecule has 0 aliphatic carbocycles. The molecule has 29 heavy (non-hydrogen) atoms. The molecule has 2 N–H and O–H groups in total. The predicted octanol–water partition coefficient (Wildman–Crippen LogP) is 1.84. The van der Waals surface area contributed by atoms with Gasteiger partial charge in [-0.15, -0.1) is 0 Å². The van der Waals surface area contributed by atoms with Crippen molar-refractivity contribution >= 4 is 11.8 Å². The summed E-state index contributed by atoms with van der Waals surface area (Å²) in [4.78, 5) is 13.2. The standard InChI is InChI=1S/C22H32N6O/c1-23-22(25-15-18-8-9-24-21(14-18)27(2)3)26-16-19-6-4-5-7-20(19)17-28-10-12-29-13-11-28/h4-9,14H,10-13,15-17H2,1-3H3,(H2,23,25,26). The quantitative estimate of drug-likeness (QED) is 0.550. The number of hydrogen-bond donors (Lipinski definition) is 2. The number of benzene rings is 1. The molecule has 1 aliphatic heterocycles. The van der Waals surface area contributed by atoms with Crippen LogP contribution in [0.2, 0.25) is 0 Å². The summed E-state index contributed by atoms with van der Waals surface area (Å²) < 4.78 is 5.46. The van der Waals surface area contributed by atoms with E-state index in [1.165, 1.54) is 16.7 Å². The first-order valence-electron chi connectivity index (χ1n) is 10.1. The molecular formula is C22H32N6O. The van der Waals surface area contributed by atoms with Gasteiger partial charge < -0.3 is 20.3 Å². The fourth-order valence-corrected chi connectivity index (χ4v) is 3.28. The van der Waals surface area contributed by atoms with Gasteiger partial charge in [0.05, 0.1) is 13.2 Å². The number of ether oxygens (including phenoxy) is 1. The van der Waals surface area contributed by atoms with Gasteiger partial charge in [0.15, 0.2) is 5.96 Å². The summed E-state index contributed by atoms with van der Waals surface area (Å²) in [5.74, 6) is 1.73. The van der Waals surface area contributed by atoms with Crippen molar-refractivity contribution in [3.63, 3.8) is 0 Å². The Labute approximate surface area is 173 Å². The average Bonchev–Trinajstić information content (AvgIpc) is 2.76. The molecule has 0 radical (unpaired) electrons. The number of aliphatic imine (C=N–C) groups is 1.